The Hall–Kier alpha value is -2.94. The van der Waals surface area contributed by atoms with Crippen molar-refractivity contribution < 1.29 is 22.7 Å². The van der Waals surface area contributed by atoms with Gasteiger partial charge in [-0.15, -0.1) is 24.5 Å². The van der Waals surface area contributed by atoms with E-state index in [1.807, 2.05) is 12.1 Å². The predicted octanol–water partition coefficient (Wildman–Crippen LogP) is 3.96. The summed E-state index contributed by atoms with van der Waals surface area (Å²) in [6.07, 6.45) is -1.30. The van der Waals surface area contributed by atoms with Gasteiger partial charge in [-0.3, -0.25) is 9.78 Å². The third-order valence-electron chi connectivity index (χ3n) is 3.47. The normalized spacial score (nSPS) is 11.2. The molecule has 0 aliphatic carbocycles. The minimum absolute atomic E-state index is 0.122. The number of carbonyl (C=O) groups is 1. The van der Waals surface area contributed by atoms with Crippen LogP contribution in [0.1, 0.15) is 11.3 Å². The average Bonchev–Trinajstić information content (AvgIpc) is 3.08. The van der Waals surface area contributed by atoms with Gasteiger partial charge in [-0.1, -0.05) is 0 Å². The Labute approximate surface area is 156 Å². The molecule has 2 aromatic heterocycles. The van der Waals surface area contributed by atoms with Gasteiger partial charge in [0.05, 0.1) is 12.1 Å². The van der Waals surface area contributed by atoms with Crippen molar-refractivity contribution in [3.05, 3.63) is 65.4 Å². The highest BCUT2D eigenvalue weighted by Gasteiger charge is 2.31. The van der Waals surface area contributed by atoms with Crippen molar-refractivity contribution in [1.82, 2.24) is 15.3 Å². The molecule has 0 aliphatic heterocycles. The Bertz CT molecular complexity index is 896. The summed E-state index contributed by atoms with van der Waals surface area (Å²) >= 11 is 1.32. The van der Waals surface area contributed by atoms with Gasteiger partial charge in [0.15, 0.2) is 0 Å². The van der Waals surface area contributed by atoms with E-state index in [0.717, 1.165) is 5.56 Å². The van der Waals surface area contributed by atoms with E-state index in [-0.39, 0.29) is 18.1 Å². The standard InChI is InChI=1S/C18H14F3N3O2S/c19-18(20,21)26-15-3-1-13(2-4-15)17-24-14(11-27-17)9-16(25)23-10-12-5-7-22-8-6-12/h1-8,11H,9-10H2,(H,23,25). The van der Waals surface area contributed by atoms with Gasteiger partial charge in [0.25, 0.3) is 0 Å². The molecule has 3 aromatic rings. The number of nitrogens with one attached hydrogen (secondary N) is 1. The van der Waals surface area contributed by atoms with E-state index in [4.69, 9.17) is 0 Å². The molecule has 0 saturated heterocycles. The van der Waals surface area contributed by atoms with Crippen molar-refractivity contribution in [2.24, 2.45) is 0 Å². The van der Waals surface area contributed by atoms with Crippen LogP contribution in [-0.4, -0.2) is 22.2 Å². The van der Waals surface area contributed by atoms with Crippen LogP contribution in [0.15, 0.2) is 54.2 Å². The lowest BCUT2D eigenvalue weighted by molar-refractivity contribution is -0.274. The van der Waals surface area contributed by atoms with Crippen LogP contribution in [0.2, 0.25) is 0 Å². The fourth-order valence-corrected chi connectivity index (χ4v) is 3.07. The van der Waals surface area contributed by atoms with E-state index < -0.39 is 6.36 Å². The van der Waals surface area contributed by atoms with Gasteiger partial charge in [-0.2, -0.15) is 0 Å². The average molecular weight is 393 g/mol. The van der Waals surface area contributed by atoms with Crippen LogP contribution in [-0.2, 0) is 17.8 Å². The second kappa shape index (κ2) is 8.17. The minimum atomic E-state index is -4.72. The topological polar surface area (TPSA) is 64.1 Å². The summed E-state index contributed by atoms with van der Waals surface area (Å²) in [4.78, 5) is 20.3. The monoisotopic (exact) mass is 393 g/mol. The van der Waals surface area contributed by atoms with E-state index >= 15 is 0 Å². The smallest absolute Gasteiger partial charge is 0.406 e. The molecule has 1 N–H and O–H groups in total. The van der Waals surface area contributed by atoms with Crippen molar-refractivity contribution in [1.29, 1.82) is 0 Å². The van der Waals surface area contributed by atoms with Crippen LogP contribution in [0.3, 0.4) is 0 Å². The number of hydrogen-bond acceptors (Lipinski definition) is 5. The first-order chi connectivity index (χ1) is 12.9. The summed E-state index contributed by atoms with van der Waals surface area (Å²) in [5.41, 5.74) is 2.19. The molecule has 0 aliphatic rings. The number of benzene rings is 1. The van der Waals surface area contributed by atoms with Crippen molar-refractivity contribution in [3.8, 4) is 16.3 Å². The zero-order valence-corrected chi connectivity index (χ0v) is 14.7. The van der Waals surface area contributed by atoms with Gasteiger partial charge in [0.1, 0.15) is 10.8 Å². The van der Waals surface area contributed by atoms with Crippen LogP contribution in [0.5, 0.6) is 5.75 Å². The molecular formula is C18H14F3N3O2S. The Morgan fingerprint density at radius 1 is 1.11 bits per heavy atom. The number of aromatic nitrogens is 2. The number of alkyl halides is 3. The number of nitrogens with zero attached hydrogens (tertiary/aromatic N) is 2. The Kier molecular flexibility index (Phi) is 5.70. The molecule has 0 bridgehead atoms. The van der Waals surface area contributed by atoms with Gasteiger partial charge < -0.3 is 10.1 Å². The number of thiazole rings is 1. The molecule has 1 aromatic carbocycles. The fraction of sp³-hybridized carbons (Fsp3) is 0.167. The molecule has 3 rings (SSSR count). The summed E-state index contributed by atoms with van der Waals surface area (Å²) in [5.74, 6) is -0.462. The maximum Gasteiger partial charge on any atom is 0.573 e. The third-order valence-corrected chi connectivity index (χ3v) is 4.41. The van der Waals surface area contributed by atoms with E-state index in [1.54, 1.807) is 17.8 Å². The van der Waals surface area contributed by atoms with Gasteiger partial charge in [0.2, 0.25) is 5.91 Å². The first-order valence-corrected chi connectivity index (χ1v) is 8.73. The lowest BCUT2D eigenvalue weighted by Crippen LogP contribution is -2.24. The minimum Gasteiger partial charge on any atom is -0.406 e. The first kappa shape index (κ1) is 18.8. The molecule has 9 heteroatoms. The zero-order chi connectivity index (χ0) is 19.3. The highest BCUT2D eigenvalue weighted by Crippen LogP contribution is 2.28. The maximum absolute atomic E-state index is 12.2. The molecule has 2 heterocycles. The van der Waals surface area contributed by atoms with E-state index in [1.165, 1.54) is 35.6 Å². The van der Waals surface area contributed by atoms with Gasteiger partial charge >= 0.3 is 6.36 Å². The molecule has 0 saturated carbocycles. The second-order valence-electron chi connectivity index (χ2n) is 5.53. The summed E-state index contributed by atoms with van der Waals surface area (Å²) in [7, 11) is 0. The SMILES string of the molecule is O=C(Cc1csc(-c2ccc(OC(F)(F)F)cc2)n1)NCc1ccncc1. The van der Waals surface area contributed by atoms with Crippen molar-refractivity contribution in [3.63, 3.8) is 0 Å². The van der Waals surface area contributed by atoms with Crippen LogP contribution in [0.4, 0.5) is 13.2 Å². The summed E-state index contributed by atoms with van der Waals surface area (Å²) in [5, 5.41) is 5.17. The summed E-state index contributed by atoms with van der Waals surface area (Å²) < 4.78 is 40.4. The van der Waals surface area contributed by atoms with Gasteiger partial charge in [-0.25, -0.2) is 4.98 Å². The van der Waals surface area contributed by atoms with E-state index in [2.05, 4.69) is 20.0 Å². The number of rotatable bonds is 6. The Morgan fingerprint density at radius 2 is 1.81 bits per heavy atom. The van der Waals surface area contributed by atoms with Gasteiger partial charge in [0, 0.05) is 29.9 Å². The molecule has 0 atom stereocenters. The highest BCUT2D eigenvalue weighted by molar-refractivity contribution is 7.13. The molecule has 140 valence electrons. The second-order valence-corrected chi connectivity index (χ2v) is 6.38. The lowest BCUT2D eigenvalue weighted by atomic mass is 10.2. The van der Waals surface area contributed by atoms with Crippen LogP contribution in [0, 0.1) is 0 Å². The quantitative estimate of drug-likeness (QED) is 0.689. The number of hydrogen-bond donors (Lipinski definition) is 1. The van der Waals surface area contributed by atoms with E-state index in [0.29, 0.717) is 22.8 Å². The molecule has 0 fully saturated rings. The maximum atomic E-state index is 12.2. The van der Waals surface area contributed by atoms with Crippen molar-refractivity contribution in [2.45, 2.75) is 19.3 Å². The molecule has 1 amide bonds. The first-order valence-electron chi connectivity index (χ1n) is 7.85. The lowest BCUT2D eigenvalue weighted by Gasteiger charge is -2.08. The van der Waals surface area contributed by atoms with Gasteiger partial charge in [-0.05, 0) is 42.0 Å². The van der Waals surface area contributed by atoms with Crippen LogP contribution < -0.4 is 10.1 Å². The Balaban J connectivity index is 1.57. The molecule has 5 nitrogen and oxygen atoms in total. The molecule has 27 heavy (non-hydrogen) atoms. The molecular weight excluding hydrogens is 379 g/mol. The largest absolute Gasteiger partial charge is 0.573 e. The van der Waals surface area contributed by atoms with E-state index in [9.17, 15) is 18.0 Å². The summed E-state index contributed by atoms with van der Waals surface area (Å²) in [6.45, 7) is 0.402. The third kappa shape index (κ3) is 5.78. The summed E-state index contributed by atoms with van der Waals surface area (Å²) in [6, 6.07) is 9.07. The van der Waals surface area contributed by atoms with Crippen LogP contribution >= 0.6 is 11.3 Å². The van der Waals surface area contributed by atoms with Crippen LogP contribution in [0.25, 0.3) is 10.6 Å². The zero-order valence-electron chi connectivity index (χ0n) is 13.9. The highest BCUT2D eigenvalue weighted by atomic mass is 32.1. The number of pyridine rings is 1. The number of halogens is 3. The molecule has 0 unspecified atom stereocenters. The molecule has 0 spiro atoms. The number of carbonyl (C=O) groups excluding carboxylic acids is 1. The Morgan fingerprint density at radius 3 is 2.48 bits per heavy atom. The number of ether oxygens (including phenoxy) is 1. The van der Waals surface area contributed by atoms with Crippen molar-refractivity contribution >= 4 is 17.2 Å². The molecule has 0 radical (unpaired) electrons. The fourth-order valence-electron chi connectivity index (χ4n) is 2.25. The number of amides is 1. The predicted molar refractivity (Wildman–Crippen MR) is 94.0 cm³/mol. The van der Waals surface area contributed by atoms with Crippen molar-refractivity contribution in [2.75, 3.05) is 0 Å².